The Morgan fingerprint density at radius 1 is 0.861 bits per heavy atom. The Hall–Kier alpha value is -4.85. The zero-order valence-electron chi connectivity index (χ0n) is 19.5. The second-order valence-electron chi connectivity index (χ2n) is 8.45. The van der Waals surface area contributed by atoms with E-state index in [2.05, 4.69) is 5.10 Å². The molecule has 4 aromatic rings. The number of para-hydroxylation sites is 1. The number of hydrogen-bond acceptors (Lipinski definition) is 6. The number of phenols is 1. The molecule has 0 spiro atoms. The third-order valence-corrected chi connectivity index (χ3v) is 6.39. The maximum absolute atomic E-state index is 13.7. The van der Waals surface area contributed by atoms with Crippen LogP contribution in [-0.4, -0.2) is 38.7 Å². The Balaban J connectivity index is 1.83. The summed E-state index contributed by atoms with van der Waals surface area (Å²) in [5.41, 5.74) is 0.740. The van der Waals surface area contributed by atoms with Crippen molar-refractivity contribution in [3.63, 3.8) is 0 Å². The Kier molecular flexibility index (Phi) is 5.56. The maximum atomic E-state index is 13.7. The number of nitrogens with one attached hydrogen (secondary N) is 1. The number of phenolic OH excluding ortho intramolecular Hbond substituents is 1. The normalized spacial score (nSPS) is 14.1. The van der Waals surface area contributed by atoms with E-state index < -0.39 is 28.8 Å². The van der Waals surface area contributed by atoms with Crippen LogP contribution < -0.4 is 10.3 Å². The molecule has 0 radical (unpaired) electrons. The van der Waals surface area contributed by atoms with Crippen molar-refractivity contribution in [3.8, 4) is 17.2 Å². The van der Waals surface area contributed by atoms with Gasteiger partial charge in [-0.2, -0.15) is 0 Å². The molecular formula is C28H22N2O6. The molecule has 0 saturated carbocycles. The number of aromatic nitrogens is 2. The molecule has 3 aromatic carbocycles. The highest BCUT2D eigenvalue weighted by atomic mass is 16.5. The van der Waals surface area contributed by atoms with Gasteiger partial charge in [-0.1, -0.05) is 48.5 Å². The van der Waals surface area contributed by atoms with Crippen molar-refractivity contribution in [2.24, 2.45) is 0 Å². The number of fused-ring (bicyclic) bond motifs is 1. The van der Waals surface area contributed by atoms with Gasteiger partial charge in [0.15, 0.2) is 0 Å². The van der Waals surface area contributed by atoms with Crippen LogP contribution in [0.1, 0.15) is 38.7 Å². The number of ketones is 2. The highest BCUT2D eigenvalue weighted by Crippen LogP contribution is 2.43. The summed E-state index contributed by atoms with van der Waals surface area (Å²) in [7, 11) is 1.44. The second-order valence-corrected chi connectivity index (χ2v) is 8.45. The van der Waals surface area contributed by atoms with E-state index in [-0.39, 0.29) is 33.6 Å². The number of aliphatic hydroxyl groups excluding tert-OH is 1. The van der Waals surface area contributed by atoms with E-state index in [0.29, 0.717) is 17.1 Å². The van der Waals surface area contributed by atoms with Gasteiger partial charge in [-0.15, -0.1) is 0 Å². The molecule has 1 aromatic heterocycles. The fourth-order valence-electron chi connectivity index (χ4n) is 4.66. The van der Waals surface area contributed by atoms with Crippen molar-refractivity contribution >= 4 is 17.3 Å². The van der Waals surface area contributed by atoms with Gasteiger partial charge in [0.2, 0.25) is 11.6 Å². The first-order chi connectivity index (χ1) is 17.3. The van der Waals surface area contributed by atoms with Gasteiger partial charge in [-0.25, -0.2) is 4.68 Å². The van der Waals surface area contributed by atoms with Gasteiger partial charge in [0, 0.05) is 28.5 Å². The highest BCUT2D eigenvalue weighted by Gasteiger charge is 2.41. The molecule has 1 unspecified atom stereocenters. The molecule has 1 atom stereocenters. The molecule has 3 N–H and O–H groups in total. The van der Waals surface area contributed by atoms with Gasteiger partial charge in [-0.3, -0.25) is 19.5 Å². The predicted octanol–water partition coefficient (Wildman–Crippen LogP) is 4.05. The first-order valence-corrected chi connectivity index (χ1v) is 11.2. The van der Waals surface area contributed by atoms with Gasteiger partial charge in [0.05, 0.1) is 29.9 Å². The number of hydrogen-bond donors (Lipinski definition) is 3. The molecule has 8 nitrogen and oxygen atoms in total. The molecule has 8 heteroatoms. The molecule has 1 aliphatic carbocycles. The summed E-state index contributed by atoms with van der Waals surface area (Å²) in [6, 6.07) is 19.5. The van der Waals surface area contributed by atoms with Crippen LogP contribution in [0, 0.1) is 6.92 Å². The third-order valence-electron chi connectivity index (χ3n) is 6.39. The average Bonchev–Trinajstić information content (AvgIpc) is 3.19. The number of methoxy groups -OCH3 is 1. The van der Waals surface area contributed by atoms with E-state index in [1.54, 1.807) is 49.4 Å². The summed E-state index contributed by atoms with van der Waals surface area (Å²) in [6.07, 6.45) is 0. The smallest absolute Gasteiger partial charge is 0.275 e. The molecule has 1 heterocycles. The summed E-state index contributed by atoms with van der Waals surface area (Å²) in [5.74, 6) is -3.30. The van der Waals surface area contributed by atoms with Crippen LogP contribution in [0.15, 0.2) is 83.2 Å². The number of aryl methyl sites for hydroxylation is 1. The van der Waals surface area contributed by atoms with Crippen LogP contribution in [0.25, 0.3) is 11.4 Å². The van der Waals surface area contributed by atoms with Gasteiger partial charge in [0.1, 0.15) is 17.3 Å². The lowest BCUT2D eigenvalue weighted by molar-refractivity contribution is -0.112. The molecule has 180 valence electrons. The van der Waals surface area contributed by atoms with Gasteiger partial charge >= 0.3 is 0 Å². The fourth-order valence-corrected chi connectivity index (χ4v) is 4.66. The number of benzene rings is 3. The van der Waals surface area contributed by atoms with Gasteiger partial charge in [0.25, 0.3) is 5.56 Å². The minimum absolute atomic E-state index is 0.0777. The first kappa shape index (κ1) is 22.9. The quantitative estimate of drug-likeness (QED) is 0.369. The minimum Gasteiger partial charge on any atom is -0.507 e. The Labute approximate surface area is 205 Å². The van der Waals surface area contributed by atoms with Gasteiger partial charge < -0.3 is 14.9 Å². The van der Waals surface area contributed by atoms with Crippen molar-refractivity contribution in [1.82, 2.24) is 9.78 Å². The second kappa shape index (κ2) is 8.74. The maximum Gasteiger partial charge on any atom is 0.275 e. The van der Waals surface area contributed by atoms with Crippen LogP contribution in [0.5, 0.6) is 11.5 Å². The summed E-state index contributed by atoms with van der Waals surface area (Å²) < 4.78 is 6.50. The van der Waals surface area contributed by atoms with E-state index in [1.165, 1.54) is 36.1 Å². The van der Waals surface area contributed by atoms with E-state index in [0.717, 1.165) is 0 Å². The Bertz CT molecular complexity index is 1610. The summed E-state index contributed by atoms with van der Waals surface area (Å²) >= 11 is 0. The lowest BCUT2D eigenvalue weighted by Gasteiger charge is -2.25. The molecular weight excluding hydrogens is 460 g/mol. The standard InChI is InChI=1S/C28H22N2O6/c1-15-22(28(35)30(29-15)16-8-4-3-5-9-16)23(20-13-12-17(36-2)14-21(20)31)24-25(32)18-10-6-7-11-19(18)26(33)27(24)34/h3-14,23,29,31-32H,1-2H3. The van der Waals surface area contributed by atoms with Crippen LogP contribution in [-0.2, 0) is 4.79 Å². The number of aromatic hydroxyl groups is 1. The molecule has 1 aliphatic rings. The number of aromatic amines is 1. The van der Waals surface area contributed by atoms with Crippen molar-refractivity contribution in [1.29, 1.82) is 0 Å². The molecule has 0 bridgehead atoms. The molecule has 0 saturated heterocycles. The minimum atomic E-state index is -1.24. The zero-order chi connectivity index (χ0) is 25.6. The highest BCUT2D eigenvalue weighted by molar-refractivity contribution is 6.52. The van der Waals surface area contributed by atoms with Crippen LogP contribution in [0.3, 0.4) is 0 Å². The number of H-pyrrole nitrogens is 1. The van der Waals surface area contributed by atoms with Crippen LogP contribution in [0.4, 0.5) is 0 Å². The number of ether oxygens (including phenoxy) is 1. The Morgan fingerprint density at radius 2 is 1.53 bits per heavy atom. The molecule has 5 rings (SSSR count). The van der Waals surface area contributed by atoms with Crippen molar-refractivity contribution < 1.29 is 24.5 Å². The lowest BCUT2D eigenvalue weighted by Crippen LogP contribution is -2.30. The monoisotopic (exact) mass is 482 g/mol. The summed E-state index contributed by atoms with van der Waals surface area (Å²) in [6.45, 7) is 1.66. The molecule has 36 heavy (non-hydrogen) atoms. The number of carbonyl (C=O) groups excluding carboxylic acids is 2. The van der Waals surface area contributed by atoms with Crippen LogP contribution >= 0.6 is 0 Å². The van der Waals surface area contributed by atoms with Crippen molar-refractivity contribution in [2.75, 3.05) is 7.11 Å². The molecule has 0 amide bonds. The number of aliphatic hydroxyl groups is 1. The predicted molar refractivity (Wildman–Crippen MR) is 133 cm³/mol. The SMILES string of the molecule is COc1ccc(C(C2=C(O)c3ccccc3C(=O)C2=O)c2c(C)[nH]n(-c3ccccc3)c2=O)c(O)c1. The summed E-state index contributed by atoms with van der Waals surface area (Å²) in [5, 5.41) is 25.2. The molecule has 0 fully saturated rings. The number of rotatable bonds is 5. The third kappa shape index (κ3) is 3.51. The van der Waals surface area contributed by atoms with E-state index in [1.807, 2.05) is 6.07 Å². The topological polar surface area (TPSA) is 122 Å². The fraction of sp³-hybridized carbons (Fsp3) is 0.107. The average molecular weight is 482 g/mol. The summed E-state index contributed by atoms with van der Waals surface area (Å²) in [4.78, 5) is 40.2. The number of nitrogens with zero attached hydrogens (tertiary/aromatic N) is 1. The van der Waals surface area contributed by atoms with Gasteiger partial charge in [-0.05, 0) is 25.1 Å². The largest absolute Gasteiger partial charge is 0.507 e. The van der Waals surface area contributed by atoms with E-state index in [9.17, 15) is 24.6 Å². The zero-order valence-corrected chi connectivity index (χ0v) is 19.5. The van der Waals surface area contributed by atoms with Crippen LogP contribution in [0.2, 0.25) is 0 Å². The molecule has 0 aliphatic heterocycles. The Morgan fingerprint density at radius 3 is 2.19 bits per heavy atom. The lowest BCUT2D eigenvalue weighted by atomic mass is 9.76. The number of carbonyl (C=O) groups is 2. The number of Topliss-reactive ketones (excluding diaryl/α,β-unsaturated/α-hetero) is 2. The number of allylic oxidation sites excluding steroid dienone is 1. The van der Waals surface area contributed by atoms with Crippen molar-refractivity contribution in [2.45, 2.75) is 12.8 Å². The van der Waals surface area contributed by atoms with E-state index in [4.69, 9.17) is 4.74 Å². The van der Waals surface area contributed by atoms with Crippen molar-refractivity contribution in [3.05, 3.63) is 117 Å². The van der Waals surface area contributed by atoms with E-state index >= 15 is 0 Å². The first-order valence-electron chi connectivity index (χ1n) is 11.2.